The number of methoxy groups -OCH3 is 1. The van der Waals surface area contributed by atoms with Gasteiger partial charge in [-0.25, -0.2) is 4.39 Å². The summed E-state index contributed by atoms with van der Waals surface area (Å²) in [7, 11) is 1.60. The predicted octanol–water partition coefficient (Wildman–Crippen LogP) is 4.10. The summed E-state index contributed by atoms with van der Waals surface area (Å²) in [6.45, 7) is 1.43. The number of nitrogens with one attached hydrogen (secondary N) is 1. The molecule has 0 spiro atoms. The first kappa shape index (κ1) is 17.9. The Morgan fingerprint density at radius 3 is 2.58 bits per heavy atom. The van der Waals surface area contributed by atoms with Gasteiger partial charge in [0.2, 0.25) is 0 Å². The van der Waals surface area contributed by atoms with Gasteiger partial charge in [-0.1, -0.05) is 36.4 Å². The molecule has 4 nitrogen and oxygen atoms in total. The van der Waals surface area contributed by atoms with Gasteiger partial charge in [-0.15, -0.1) is 0 Å². The molecule has 0 radical (unpaired) electrons. The van der Waals surface area contributed by atoms with Crippen molar-refractivity contribution in [3.63, 3.8) is 0 Å². The molecule has 3 aromatic rings. The average Bonchev–Trinajstić information content (AvgIpc) is 2.68. The van der Waals surface area contributed by atoms with Gasteiger partial charge in [0, 0.05) is 36.6 Å². The van der Waals surface area contributed by atoms with Crippen molar-refractivity contribution in [3.8, 4) is 11.5 Å². The maximum atomic E-state index is 13.8. The predicted molar refractivity (Wildman–Crippen MR) is 98.5 cm³/mol. The van der Waals surface area contributed by atoms with Crippen LogP contribution in [0.15, 0.2) is 67.0 Å². The molecule has 0 unspecified atom stereocenters. The second-order valence-electron chi connectivity index (χ2n) is 5.79. The molecule has 0 atom stereocenters. The maximum Gasteiger partial charge on any atom is 0.166 e. The molecule has 0 saturated heterocycles. The van der Waals surface area contributed by atoms with Crippen molar-refractivity contribution in [1.82, 2.24) is 10.3 Å². The summed E-state index contributed by atoms with van der Waals surface area (Å²) >= 11 is 0. The molecule has 0 amide bonds. The minimum atomic E-state index is -0.279. The molecule has 5 heteroatoms. The second-order valence-corrected chi connectivity index (χ2v) is 5.79. The summed E-state index contributed by atoms with van der Waals surface area (Å²) < 4.78 is 25.2. The van der Waals surface area contributed by atoms with Gasteiger partial charge in [-0.05, 0) is 23.8 Å². The van der Waals surface area contributed by atoms with Crippen LogP contribution in [-0.4, -0.2) is 12.1 Å². The van der Waals surface area contributed by atoms with Crippen LogP contribution in [0.1, 0.15) is 16.7 Å². The lowest BCUT2D eigenvalue weighted by atomic mass is 10.1. The highest BCUT2D eigenvalue weighted by molar-refractivity contribution is 5.46. The van der Waals surface area contributed by atoms with E-state index in [2.05, 4.69) is 10.3 Å². The van der Waals surface area contributed by atoms with Gasteiger partial charge in [0.15, 0.2) is 11.5 Å². The molecule has 0 aliphatic rings. The summed E-state index contributed by atoms with van der Waals surface area (Å²) in [6, 6.07) is 16.2. The van der Waals surface area contributed by atoms with E-state index in [4.69, 9.17) is 9.47 Å². The molecule has 0 aliphatic carbocycles. The zero-order valence-corrected chi connectivity index (χ0v) is 14.6. The number of para-hydroxylation sites is 1. The number of pyridine rings is 1. The zero-order chi connectivity index (χ0) is 18.2. The van der Waals surface area contributed by atoms with Crippen LogP contribution >= 0.6 is 0 Å². The quantitative estimate of drug-likeness (QED) is 0.663. The Kier molecular flexibility index (Phi) is 6.17. The largest absolute Gasteiger partial charge is 0.493 e. The Hall–Kier alpha value is -2.92. The summed E-state index contributed by atoms with van der Waals surface area (Å²) in [5.74, 6) is 0.970. The summed E-state index contributed by atoms with van der Waals surface area (Å²) in [5, 5.41) is 3.37. The molecule has 3 rings (SSSR count). The van der Waals surface area contributed by atoms with Crippen molar-refractivity contribution in [2.24, 2.45) is 0 Å². The van der Waals surface area contributed by atoms with E-state index in [9.17, 15) is 4.39 Å². The summed E-state index contributed by atoms with van der Waals surface area (Å²) in [4.78, 5) is 4.11. The smallest absolute Gasteiger partial charge is 0.166 e. The Morgan fingerprint density at radius 1 is 0.962 bits per heavy atom. The lowest BCUT2D eigenvalue weighted by Crippen LogP contribution is -2.14. The van der Waals surface area contributed by atoms with Gasteiger partial charge in [0.05, 0.1) is 7.11 Å². The minimum absolute atomic E-state index is 0.142. The molecule has 1 N–H and O–H groups in total. The number of nitrogens with zero attached hydrogens (tertiary/aromatic N) is 1. The second kappa shape index (κ2) is 8.97. The fourth-order valence-electron chi connectivity index (χ4n) is 2.63. The third kappa shape index (κ3) is 4.58. The fourth-order valence-corrected chi connectivity index (χ4v) is 2.63. The average molecular weight is 352 g/mol. The lowest BCUT2D eigenvalue weighted by Gasteiger charge is -2.16. The van der Waals surface area contributed by atoms with Crippen molar-refractivity contribution in [3.05, 3.63) is 89.5 Å². The van der Waals surface area contributed by atoms with Gasteiger partial charge in [-0.3, -0.25) is 4.98 Å². The van der Waals surface area contributed by atoms with Crippen molar-refractivity contribution in [2.45, 2.75) is 19.7 Å². The first-order valence-corrected chi connectivity index (χ1v) is 8.39. The number of ether oxygens (including phenoxy) is 2. The third-order valence-corrected chi connectivity index (χ3v) is 3.98. The van der Waals surface area contributed by atoms with Gasteiger partial charge in [-0.2, -0.15) is 0 Å². The minimum Gasteiger partial charge on any atom is -0.493 e. The van der Waals surface area contributed by atoms with Crippen LogP contribution in [-0.2, 0) is 19.7 Å². The topological polar surface area (TPSA) is 43.4 Å². The molecule has 26 heavy (non-hydrogen) atoms. The standard InChI is InChI=1S/C21H21FN2O2/c1-25-20-10-4-8-17(14-24-13-16-6-5-11-23-12-16)21(20)26-15-18-7-2-3-9-19(18)22/h2-12,24H,13-15H2,1H3. The van der Waals surface area contributed by atoms with E-state index in [1.54, 1.807) is 31.5 Å². The molecular weight excluding hydrogens is 331 g/mol. The molecule has 1 aromatic heterocycles. The lowest BCUT2D eigenvalue weighted by molar-refractivity contribution is 0.276. The molecule has 0 saturated carbocycles. The molecule has 134 valence electrons. The van der Waals surface area contributed by atoms with E-state index in [1.165, 1.54) is 6.07 Å². The molecule has 0 bridgehead atoms. The molecule has 2 aromatic carbocycles. The first-order chi connectivity index (χ1) is 12.8. The number of aromatic nitrogens is 1. The van der Waals surface area contributed by atoms with E-state index in [0.717, 1.165) is 11.1 Å². The van der Waals surface area contributed by atoms with Crippen LogP contribution < -0.4 is 14.8 Å². The van der Waals surface area contributed by atoms with Crippen LogP contribution in [0.3, 0.4) is 0 Å². The number of benzene rings is 2. The van der Waals surface area contributed by atoms with Crippen LogP contribution in [0.4, 0.5) is 4.39 Å². The highest BCUT2D eigenvalue weighted by Gasteiger charge is 2.12. The van der Waals surface area contributed by atoms with Crippen molar-refractivity contribution < 1.29 is 13.9 Å². The number of rotatable bonds is 8. The number of hydrogen-bond donors (Lipinski definition) is 1. The molecular formula is C21H21FN2O2. The van der Waals surface area contributed by atoms with E-state index in [1.807, 2.05) is 36.5 Å². The highest BCUT2D eigenvalue weighted by atomic mass is 19.1. The van der Waals surface area contributed by atoms with Crippen LogP contribution in [0.25, 0.3) is 0 Å². The highest BCUT2D eigenvalue weighted by Crippen LogP contribution is 2.32. The Morgan fingerprint density at radius 2 is 1.81 bits per heavy atom. The van der Waals surface area contributed by atoms with Crippen LogP contribution in [0.5, 0.6) is 11.5 Å². The maximum absolute atomic E-state index is 13.8. The Labute approximate surface area is 152 Å². The van der Waals surface area contributed by atoms with Gasteiger partial charge >= 0.3 is 0 Å². The zero-order valence-electron chi connectivity index (χ0n) is 14.6. The van der Waals surface area contributed by atoms with Gasteiger partial charge < -0.3 is 14.8 Å². The molecule has 1 heterocycles. The molecule has 0 aliphatic heterocycles. The Bertz CT molecular complexity index is 840. The third-order valence-electron chi connectivity index (χ3n) is 3.98. The van der Waals surface area contributed by atoms with Gasteiger partial charge in [0.25, 0.3) is 0 Å². The van der Waals surface area contributed by atoms with Gasteiger partial charge in [0.1, 0.15) is 12.4 Å². The number of halogens is 1. The van der Waals surface area contributed by atoms with E-state index in [0.29, 0.717) is 30.2 Å². The monoisotopic (exact) mass is 352 g/mol. The number of hydrogen-bond acceptors (Lipinski definition) is 4. The van der Waals surface area contributed by atoms with E-state index < -0.39 is 0 Å². The van der Waals surface area contributed by atoms with Crippen molar-refractivity contribution >= 4 is 0 Å². The normalized spacial score (nSPS) is 10.5. The SMILES string of the molecule is COc1cccc(CNCc2cccnc2)c1OCc1ccccc1F. The van der Waals surface area contributed by atoms with E-state index in [-0.39, 0.29) is 12.4 Å². The van der Waals surface area contributed by atoms with Crippen molar-refractivity contribution in [1.29, 1.82) is 0 Å². The summed E-state index contributed by atoms with van der Waals surface area (Å²) in [6.07, 6.45) is 3.58. The fraction of sp³-hybridized carbons (Fsp3) is 0.190. The molecule has 0 fully saturated rings. The van der Waals surface area contributed by atoms with E-state index >= 15 is 0 Å². The van der Waals surface area contributed by atoms with Crippen LogP contribution in [0.2, 0.25) is 0 Å². The van der Waals surface area contributed by atoms with Crippen LogP contribution in [0, 0.1) is 5.82 Å². The Balaban J connectivity index is 1.70. The summed E-state index contributed by atoms with van der Waals surface area (Å²) in [5.41, 5.74) is 2.56. The first-order valence-electron chi connectivity index (χ1n) is 8.39. The van der Waals surface area contributed by atoms with Crippen molar-refractivity contribution in [2.75, 3.05) is 7.11 Å².